The molecule has 2 N–H and O–H groups in total. The van der Waals surface area contributed by atoms with Gasteiger partial charge in [0.1, 0.15) is 0 Å². The summed E-state index contributed by atoms with van der Waals surface area (Å²) in [6.07, 6.45) is 0.529. The standard InChI is InChI=1S/C22H29N3O3S2/c1-3-13-30(27,28)24-20-6-4-5-19(15-20)22(26)23-21-8-7-18(14-17(21)2)16-25-9-11-29-12-10-25/h4-8,14-15,24H,3,9-13,16H2,1-2H3,(H,23,26). The number of rotatable bonds is 8. The zero-order chi connectivity index (χ0) is 21.6. The molecule has 2 aromatic carbocycles. The molecule has 0 atom stereocenters. The van der Waals surface area contributed by atoms with Gasteiger partial charge >= 0.3 is 0 Å². The molecule has 1 aliphatic heterocycles. The molecule has 0 spiro atoms. The Bertz CT molecular complexity index is 987. The van der Waals surface area contributed by atoms with Gasteiger partial charge in [-0.25, -0.2) is 8.42 Å². The van der Waals surface area contributed by atoms with Crippen LogP contribution in [0.5, 0.6) is 0 Å². The quantitative estimate of drug-likeness (QED) is 0.641. The number of thioether (sulfide) groups is 1. The molecular weight excluding hydrogens is 418 g/mol. The van der Waals surface area contributed by atoms with Crippen molar-refractivity contribution in [3.05, 3.63) is 59.2 Å². The second kappa shape index (κ2) is 10.3. The summed E-state index contributed by atoms with van der Waals surface area (Å²) in [6, 6.07) is 12.7. The van der Waals surface area contributed by atoms with E-state index in [0.29, 0.717) is 17.7 Å². The molecule has 1 heterocycles. The number of anilines is 2. The Morgan fingerprint density at radius 2 is 1.90 bits per heavy atom. The fourth-order valence-electron chi connectivity index (χ4n) is 3.40. The van der Waals surface area contributed by atoms with Gasteiger partial charge in [-0.05, 0) is 48.7 Å². The Morgan fingerprint density at radius 1 is 1.13 bits per heavy atom. The maximum absolute atomic E-state index is 12.7. The molecule has 0 saturated carbocycles. The van der Waals surface area contributed by atoms with Gasteiger partial charge in [0.15, 0.2) is 0 Å². The van der Waals surface area contributed by atoms with Crippen LogP contribution in [-0.4, -0.2) is 49.6 Å². The van der Waals surface area contributed by atoms with Crippen LogP contribution >= 0.6 is 11.8 Å². The summed E-state index contributed by atoms with van der Waals surface area (Å²) in [4.78, 5) is 15.2. The molecule has 0 unspecified atom stereocenters. The molecule has 1 fully saturated rings. The number of nitrogens with zero attached hydrogens (tertiary/aromatic N) is 1. The van der Waals surface area contributed by atoms with Crippen molar-refractivity contribution < 1.29 is 13.2 Å². The highest BCUT2D eigenvalue weighted by Crippen LogP contribution is 2.21. The summed E-state index contributed by atoms with van der Waals surface area (Å²) in [5.74, 6) is 2.14. The minimum Gasteiger partial charge on any atom is -0.322 e. The Labute approximate surface area is 183 Å². The summed E-state index contributed by atoms with van der Waals surface area (Å²) in [5.41, 5.74) is 3.80. The smallest absolute Gasteiger partial charge is 0.255 e. The van der Waals surface area contributed by atoms with Gasteiger partial charge in [-0.3, -0.25) is 14.4 Å². The van der Waals surface area contributed by atoms with E-state index in [-0.39, 0.29) is 11.7 Å². The van der Waals surface area contributed by atoms with Crippen molar-refractivity contribution in [2.24, 2.45) is 0 Å². The van der Waals surface area contributed by atoms with Gasteiger partial charge in [-0.15, -0.1) is 0 Å². The van der Waals surface area contributed by atoms with Crippen LogP contribution < -0.4 is 10.0 Å². The highest BCUT2D eigenvalue weighted by molar-refractivity contribution is 7.99. The molecule has 0 radical (unpaired) electrons. The van der Waals surface area contributed by atoms with Crippen LogP contribution in [0.1, 0.15) is 34.8 Å². The number of benzene rings is 2. The summed E-state index contributed by atoms with van der Waals surface area (Å²) in [7, 11) is -3.40. The second-order valence-electron chi connectivity index (χ2n) is 7.49. The summed E-state index contributed by atoms with van der Waals surface area (Å²) >= 11 is 2.00. The lowest BCUT2D eigenvalue weighted by molar-refractivity contribution is 0.102. The van der Waals surface area contributed by atoms with Crippen LogP contribution in [0.25, 0.3) is 0 Å². The van der Waals surface area contributed by atoms with Crippen molar-refractivity contribution in [1.82, 2.24) is 4.90 Å². The molecule has 0 aromatic heterocycles. The highest BCUT2D eigenvalue weighted by atomic mass is 32.2. The van der Waals surface area contributed by atoms with E-state index in [1.165, 1.54) is 17.1 Å². The molecule has 1 aliphatic rings. The number of hydrogen-bond acceptors (Lipinski definition) is 5. The lowest BCUT2D eigenvalue weighted by Gasteiger charge is -2.26. The van der Waals surface area contributed by atoms with Crippen LogP contribution in [0.2, 0.25) is 0 Å². The number of carbonyl (C=O) groups is 1. The van der Waals surface area contributed by atoms with Gasteiger partial charge < -0.3 is 5.32 Å². The molecule has 6 nitrogen and oxygen atoms in total. The van der Waals surface area contributed by atoms with Crippen LogP contribution in [0, 0.1) is 6.92 Å². The van der Waals surface area contributed by atoms with Crippen molar-refractivity contribution in [2.75, 3.05) is 40.4 Å². The normalized spacial score (nSPS) is 15.0. The van der Waals surface area contributed by atoms with Crippen LogP contribution in [0.4, 0.5) is 11.4 Å². The summed E-state index contributed by atoms with van der Waals surface area (Å²) < 4.78 is 26.5. The number of nitrogens with one attached hydrogen (secondary N) is 2. The first-order valence-electron chi connectivity index (χ1n) is 10.2. The first-order chi connectivity index (χ1) is 14.4. The topological polar surface area (TPSA) is 78.5 Å². The molecule has 162 valence electrons. The molecular formula is C22H29N3O3S2. The maximum atomic E-state index is 12.7. The van der Waals surface area contributed by atoms with Crippen LogP contribution in [-0.2, 0) is 16.6 Å². The predicted octanol–water partition coefficient (Wildman–Crippen LogP) is 3.95. The van der Waals surface area contributed by atoms with Crippen molar-refractivity contribution in [2.45, 2.75) is 26.8 Å². The zero-order valence-corrected chi connectivity index (χ0v) is 19.1. The van der Waals surface area contributed by atoms with E-state index in [1.807, 2.05) is 31.7 Å². The van der Waals surface area contributed by atoms with E-state index in [2.05, 4.69) is 27.1 Å². The molecule has 8 heteroatoms. The van der Waals surface area contributed by atoms with Gasteiger partial charge in [-0.1, -0.05) is 25.1 Å². The third-order valence-corrected chi connectivity index (χ3v) is 7.35. The summed E-state index contributed by atoms with van der Waals surface area (Å²) in [5, 5.41) is 2.94. The molecule has 0 aliphatic carbocycles. The van der Waals surface area contributed by atoms with Gasteiger partial charge in [-0.2, -0.15) is 11.8 Å². The monoisotopic (exact) mass is 447 g/mol. The maximum Gasteiger partial charge on any atom is 0.255 e. The molecule has 0 bridgehead atoms. The number of aryl methyl sites for hydroxylation is 1. The number of carbonyl (C=O) groups excluding carboxylic acids is 1. The Kier molecular flexibility index (Phi) is 7.80. The zero-order valence-electron chi connectivity index (χ0n) is 17.5. The van der Waals surface area contributed by atoms with Crippen molar-refractivity contribution in [1.29, 1.82) is 0 Å². The lowest BCUT2D eigenvalue weighted by atomic mass is 10.1. The first kappa shape index (κ1) is 22.7. The Balaban J connectivity index is 1.66. The van der Waals surface area contributed by atoms with E-state index in [0.717, 1.165) is 30.9 Å². The van der Waals surface area contributed by atoms with Crippen molar-refractivity contribution in [3.8, 4) is 0 Å². The Hall–Kier alpha value is -2.03. The van der Waals surface area contributed by atoms with Gasteiger partial charge in [0.2, 0.25) is 10.0 Å². The van der Waals surface area contributed by atoms with Gasteiger partial charge in [0, 0.05) is 48.1 Å². The average molecular weight is 448 g/mol. The number of sulfonamides is 1. The van der Waals surface area contributed by atoms with Gasteiger partial charge in [0.25, 0.3) is 5.91 Å². The van der Waals surface area contributed by atoms with E-state index < -0.39 is 10.0 Å². The van der Waals surface area contributed by atoms with E-state index >= 15 is 0 Å². The summed E-state index contributed by atoms with van der Waals surface area (Å²) in [6.45, 7) is 6.94. The minimum atomic E-state index is -3.40. The number of amides is 1. The van der Waals surface area contributed by atoms with E-state index in [4.69, 9.17) is 0 Å². The fraction of sp³-hybridized carbons (Fsp3) is 0.409. The first-order valence-corrected chi connectivity index (χ1v) is 13.0. The lowest BCUT2D eigenvalue weighted by Crippen LogP contribution is -2.31. The SMILES string of the molecule is CCCS(=O)(=O)Nc1cccc(C(=O)Nc2ccc(CN3CCSCC3)cc2C)c1. The molecule has 2 aromatic rings. The third-order valence-electron chi connectivity index (χ3n) is 4.92. The average Bonchev–Trinajstić information content (AvgIpc) is 2.70. The molecule has 30 heavy (non-hydrogen) atoms. The molecule has 3 rings (SSSR count). The van der Waals surface area contributed by atoms with Crippen LogP contribution in [0.3, 0.4) is 0 Å². The Morgan fingerprint density at radius 3 is 2.60 bits per heavy atom. The van der Waals surface area contributed by atoms with Crippen molar-refractivity contribution >= 4 is 39.1 Å². The largest absolute Gasteiger partial charge is 0.322 e. The number of hydrogen-bond donors (Lipinski definition) is 2. The third kappa shape index (κ3) is 6.48. The van der Waals surface area contributed by atoms with E-state index in [9.17, 15) is 13.2 Å². The highest BCUT2D eigenvalue weighted by Gasteiger charge is 2.14. The van der Waals surface area contributed by atoms with Crippen molar-refractivity contribution in [3.63, 3.8) is 0 Å². The fourth-order valence-corrected chi connectivity index (χ4v) is 5.50. The second-order valence-corrected chi connectivity index (χ2v) is 10.6. The van der Waals surface area contributed by atoms with E-state index in [1.54, 1.807) is 24.3 Å². The molecule has 1 amide bonds. The molecule has 1 saturated heterocycles. The van der Waals surface area contributed by atoms with Crippen LogP contribution in [0.15, 0.2) is 42.5 Å². The van der Waals surface area contributed by atoms with Gasteiger partial charge in [0.05, 0.1) is 5.75 Å². The predicted molar refractivity (Wildman–Crippen MR) is 126 cm³/mol. The minimum absolute atomic E-state index is 0.0469.